The van der Waals surface area contributed by atoms with Gasteiger partial charge < -0.3 is 4.74 Å². The van der Waals surface area contributed by atoms with Crippen LogP contribution in [0, 0.1) is 5.82 Å². The molecule has 0 radical (unpaired) electrons. The highest BCUT2D eigenvalue weighted by atomic mass is 32.2. The predicted octanol–water partition coefficient (Wildman–Crippen LogP) is 2.01. The second-order valence-corrected chi connectivity index (χ2v) is 3.84. The number of fused-ring (bicyclic) bond motifs is 1. The summed E-state index contributed by atoms with van der Waals surface area (Å²) in [5.41, 5.74) is 0.758. The molecule has 0 saturated carbocycles. The van der Waals surface area contributed by atoms with Crippen LogP contribution in [0.5, 0.6) is 5.75 Å². The second kappa shape index (κ2) is 3.03. The van der Waals surface area contributed by atoms with Crippen LogP contribution in [0.3, 0.4) is 0 Å². The molecule has 1 aromatic rings. The standard InChI is InChI=1S/C9H7FO2S/c1-12-7-4-8-5(2-6(7)10)3-9(11)13-8/h2,4H,3H2,1H3. The Balaban J connectivity index is 2.50. The molecule has 0 spiro atoms. The topological polar surface area (TPSA) is 26.3 Å². The number of rotatable bonds is 1. The molecule has 1 aliphatic rings. The van der Waals surface area contributed by atoms with Crippen molar-refractivity contribution in [1.82, 2.24) is 0 Å². The molecule has 0 aliphatic carbocycles. The normalized spacial score (nSPS) is 14.5. The highest BCUT2D eigenvalue weighted by Gasteiger charge is 2.21. The van der Waals surface area contributed by atoms with Crippen LogP contribution in [0.1, 0.15) is 5.56 Å². The van der Waals surface area contributed by atoms with E-state index in [1.54, 1.807) is 6.07 Å². The lowest BCUT2D eigenvalue weighted by Gasteiger charge is -2.03. The molecule has 4 heteroatoms. The predicted molar refractivity (Wildman–Crippen MR) is 47.5 cm³/mol. The third kappa shape index (κ3) is 1.42. The van der Waals surface area contributed by atoms with E-state index >= 15 is 0 Å². The van der Waals surface area contributed by atoms with Crippen molar-refractivity contribution in [2.45, 2.75) is 11.3 Å². The molecule has 0 fully saturated rings. The SMILES string of the molecule is COc1cc2c(cc1F)CC(=O)S2. The van der Waals surface area contributed by atoms with Gasteiger partial charge in [-0.3, -0.25) is 4.79 Å². The van der Waals surface area contributed by atoms with Gasteiger partial charge in [-0.2, -0.15) is 0 Å². The summed E-state index contributed by atoms with van der Waals surface area (Å²) in [6, 6.07) is 2.94. The Morgan fingerprint density at radius 3 is 3.00 bits per heavy atom. The van der Waals surface area contributed by atoms with E-state index in [2.05, 4.69) is 0 Å². The third-order valence-corrected chi connectivity index (χ3v) is 2.87. The monoisotopic (exact) mass is 198 g/mol. The fourth-order valence-electron chi connectivity index (χ4n) is 1.28. The van der Waals surface area contributed by atoms with Crippen LogP contribution in [0.2, 0.25) is 0 Å². The molecule has 0 aromatic heterocycles. The summed E-state index contributed by atoms with van der Waals surface area (Å²) < 4.78 is 17.9. The quantitative estimate of drug-likeness (QED) is 0.690. The number of methoxy groups -OCH3 is 1. The minimum atomic E-state index is -0.406. The largest absolute Gasteiger partial charge is 0.494 e. The number of benzene rings is 1. The van der Waals surface area contributed by atoms with E-state index < -0.39 is 5.82 Å². The van der Waals surface area contributed by atoms with Crippen molar-refractivity contribution in [3.63, 3.8) is 0 Å². The highest BCUT2D eigenvalue weighted by molar-refractivity contribution is 8.14. The molecule has 1 aliphatic heterocycles. The van der Waals surface area contributed by atoms with E-state index in [4.69, 9.17) is 4.74 Å². The number of ether oxygens (including phenoxy) is 1. The van der Waals surface area contributed by atoms with Gasteiger partial charge in [0.15, 0.2) is 16.7 Å². The highest BCUT2D eigenvalue weighted by Crippen LogP contribution is 2.36. The van der Waals surface area contributed by atoms with E-state index in [0.29, 0.717) is 6.42 Å². The van der Waals surface area contributed by atoms with Crippen LogP contribution in [-0.2, 0) is 11.2 Å². The molecule has 0 saturated heterocycles. The maximum atomic E-state index is 13.1. The summed E-state index contributed by atoms with van der Waals surface area (Å²) in [7, 11) is 1.41. The molecule has 68 valence electrons. The van der Waals surface area contributed by atoms with E-state index in [-0.39, 0.29) is 10.9 Å². The van der Waals surface area contributed by atoms with Crippen LogP contribution >= 0.6 is 11.8 Å². The molecule has 2 nitrogen and oxygen atoms in total. The van der Waals surface area contributed by atoms with Gasteiger partial charge >= 0.3 is 0 Å². The molecular formula is C9H7FO2S. The minimum Gasteiger partial charge on any atom is -0.494 e. The molecule has 0 unspecified atom stereocenters. The average molecular weight is 198 g/mol. The van der Waals surface area contributed by atoms with Crippen molar-refractivity contribution in [2.75, 3.05) is 7.11 Å². The van der Waals surface area contributed by atoms with Gasteiger partial charge in [0.05, 0.1) is 7.11 Å². The Bertz CT molecular complexity index is 376. The van der Waals surface area contributed by atoms with Crippen LogP contribution < -0.4 is 4.74 Å². The molecule has 0 amide bonds. The Morgan fingerprint density at radius 2 is 2.31 bits per heavy atom. The first-order valence-corrected chi connectivity index (χ1v) is 4.59. The minimum absolute atomic E-state index is 0.0580. The number of carbonyl (C=O) groups is 1. The van der Waals surface area contributed by atoms with Crippen LogP contribution in [0.4, 0.5) is 4.39 Å². The Kier molecular flexibility index (Phi) is 2.00. The molecule has 0 atom stereocenters. The number of halogens is 1. The van der Waals surface area contributed by atoms with Gasteiger partial charge in [0, 0.05) is 11.3 Å². The van der Waals surface area contributed by atoms with E-state index in [1.807, 2.05) is 0 Å². The molecule has 1 heterocycles. The van der Waals surface area contributed by atoms with Crippen molar-refractivity contribution in [1.29, 1.82) is 0 Å². The van der Waals surface area contributed by atoms with Gasteiger partial charge in [-0.05, 0) is 17.7 Å². The first-order chi connectivity index (χ1) is 6.20. The zero-order valence-corrected chi connectivity index (χ0v) is 7.78. The zero-order chi connectivity index (χ0) is 9.42. The van der Waals surface area contributed by atoms with Gasteiger partial charge in [0.1, 0.15) is 0 Å². The third-order valence-electron chi connectivity index (χ3n) is 1.89. The summed E-state index contributed by atoms with van der Waals surface area (Å²) >= 11 is 1.14. The summed E-state index contributed by atoms with van der Waals surface area (Å²) in [5, 5.41) is 0.0580. The lowest BCUT2D eigenvalue weighted by atomic mass is 10.1. The van der Waals surface area contributed by atoms with Crippen LogP contribution in [0.15, 0.2) is 17.0 Å². The maximum absolute atomic E-state index is 13.1. The van der Waals surface area contributed by atoms with Gasteiger partial charge in [0.2, 0.25) is 0 Å². The van der Waals surface area contributed by atoms with Crippen molar-refractivity contribution >= 4 is 16.9 Å². The first kappa shape index (κ1) is 8.56. The van der Waals surface area contributed by atoms with Crippen molar-refractivity contribution in [3.05, 3.63) is 23.5 Å². The van der Waals surface area contributed by atoms with Crippen molar-refractivity contribution in [3.8, 4) is 5.75 Å². The zero-order valence-electron chi connectivity index (χ0n) is 6.96. The van der Waals surface area contributed by atoms with Crippen molar-refractivity contribution < 1.29 is 13.9 Å². The molecular weight excluding hydrogens is 191 g/mol. The number of hydrogen-bond acceptors (Lipinski definition) is 3. The Morgan fingerprint density at radius 1 is 1.54 bits per heavy atom. The number of thioether (sulfide) groups is 1. The first-order valence-electron chi connectivity index (χ1n) is 3.78. The lowest BCUT2D eigenvalue weighted by molar-refractivity contribution is -0.110. The average Bonchev–Trinajstić information content (AvgIpc) is 2.42. The molecule has 0 bridgehead atoms. The molecule has 2 rings (SSSR count). The van der Waals surface area contributed by atoms with Gasteiger partial charge in [0.25, 0.3) is 0 Å². The molecule has 1 aromatic carbocycles. The van der Waals surface area contributed by atoms with E-state index in [1.165, 1.54) is 13.2 Å². The second-order valence-electron chi connectivity index (χ2n) is 2.75. The Labute approximate surface area is 79.1 Å². The van der Waals surface area contributed by atoms with Gasteiger partial charge in [-0.25, -0.2) is 4.39 Å². The van der Waals surface area contributed by atoms with Gasteiger partial charge in [-0.1, -0.05) is 11.8 Å². The molecule has 13 heavy (non-hydrogen) atoms. The van der Waals surface area contributed by atoms with Crippen LogP contribution in [-0.4, -0.2) is 12.2 Å². The maximum Gasteiger partial charge on any atom is 0.198 e. The summed E-state index contributed by atoms with van der Waals surface area (Å²) in [6.07, 6.45) is 0.320. The lowest BCUT2D eigenvalue weighted by Crippen LogP contribution is -1.91. The fourth-order valence-corrected chi connectivity index (χ4v) is 2.18. The molecule has 0 N–H and O–H groups in total. The summed E-state index contributed by atoms with van der Waals surface area (Å²) in [6.45, 7) is 0. The summed E-state index contributed by atoms with van der Waals surface area (Å²) in [4.78, 5) is 11.8. The van der Waals surface area contributed by atoms with Gasteiger partial charge in [-0.15, -0.1) is 0 Å². The fraction of sp³-hybridized carbons (Fsp3) is 0.222. The summed E-state index contributed by atoms with van der Waals surface area (Å²) in [5.74, 6) is -0.211. The number of hydrogen-bond donors (Lipinski definition) is 0. The van der Waals surface area contributed by atoms with E-state index in [9.17, 15) is 9.18 Å². The van der Waals surface area contributed by atoms with Crippen molar-refractivity contribution in [2.24, 2.45) is 0 Å². The van der Waals surface area contributed by atoms with Crippen LogP contribution in [0.25, 0.3) is 0 Å². The number of carbonyl (C=O) groups excluding carboxylic acids is 1. The smallest absolute Gasteiger partial charge is 0.198 e. The Hall–Kier alpha value is -1.03. The van der Waals surface area contributed by atoms with E-state index in [0.717, 1.165) is 22.2 Å².